The molecule has 0 radical (unpaired) electrons. The molecule has 66 heavy (non-hydrogen) atoms. The Morgan fingerprint density at radius 3 is 1.53 bits per heavy atom. The van der Waals surface area contributed by atoms with E-state index in [1.54, 1.807) is 0 Å². The van der Waals surface area contributed by atoms with Crippen LogP contribution in [0.1, 0.15) is 25.0 Å². The second-order valence-corrected chi connectivity index (χ2v) is 18.0. The van der Waals surface area contributed by atoms with E-state index in [9.17, 15) is 0 Å². The summed E-state index contributed by atoms with van der Waals surface area (Å²) in [5.41, 5.74) is 16.0. The van der Waals surface area contributed by atoms with Crippen LogP contribution >= 0.6 is 0 Å². The van der Waals surface area contributed by atoms with Gasteiger partial charge in [-0.15, -0.1) is 0 Å². The van der Waals surface area contributed by atoms with Crippen LogP contribution < -0.4 is 0 Å². The van der Waals surface area contributed by atoms with Crippen molar-refractivity contribution >= 4 is 43.4 Å². The first-order valence-corrected chi connectivity index (χ1v) is 22.7. The van der Waals surface area contributed by atoms with Crippen LogP contribution in [0.5, 0.6) is 0 Å². The third kappa shape index (κ3) is 5.95. The molecule has 10 aromatic carbocycles. The van der Waals surface area contributed by atoms with E-state index in [-0.39, 0.29) is 5.41 Å². The molecule has 0 fully saturated rings. The van der Waals surface area contributed by atoms with Gasteiger partial charge in [0.2, 0.25) is 5.95 Å². The first kappa shape index (κ1) is 38.0. The molecule has 0 spiro atoms. The number of hydrogen-bond acceptors (Lipinski definition) is 3. The first-order chi connectivity index (χ1) is 32.5. The standard InChI is InChI=1S/C62H42N4/c1-62(2)53-36-33-43-18-9-11-20-48(43)56(53)51-35-32-47(38-54(51)62)50-22-13-23-52-57-49-21-12-10-19-44(49)34-37-55(57)66(58(50)52)61-64-59(45-28-24-41(25-29-45)39-14-5-3-6-15-39)63-60(65-61)46-30-26-42(27-31-46)40-16-7-4-8-17-40/h3-38H,1-2H3. The zero-order valence-electron chi connectivity index (χ0n) is 36.6. The van der Waals surface area contributed by atoms with Crippen molar-refractivity contribution in [3.05, 3.63) is 230 Å². The summed E-state index contributed by atoms with van der Waals surface area (Å²) in [5.74, 6) is 1.79. The quantitative estimate of drug-likeness (QED) is 0.167. The molecule has 2 aromatic heterocycles. The fourth-order valence-corrected chi connectivity index (χ4v) is 10.6. The maximum Gasteiger partial charge on any atom is 0.238 e. The van der Waals surface area contributed by atoms with Gasteiger partial charge in [0.15, 0.2) is 11.6 Å². The molecule has 0 unspecified atom stereocenters. The highest BCUT2D eigenvalue weighted by Gasteiger charge is 2.37. The normalized spacial score (nSPS) is 12.8. The van der Waals surface area contributed by atoms with E-state index >= 15 is 0 Å². The maximum atomic E-state index is 5.43. The van der Waals surface area contributed by atoms with Crippen molar-refractivity contribution in [2.24, 2.45) is 0 Å². The van der Waals surface area contributed by atoms with E-state index < -0.39 is 0 Å². The highest BCUT2D eigenvalue weighted by molar-refractivity contribution is 6.23. The Balaban J connectivity index is 1.06. The SMILES string of the molecule is CC1(C)c2cc(-c3cccc4c5c6ccccc6ccc5n(-c5nc(-c6ccc(-c7ccccc7)cc6)nc(-c6ccc(-c7ccccc7)cc6)n5)c34)ccc2-c2c1ccc1ccccc21. The van der Waals surface area contributed by atoms with Gasteiger partial charge in [-0.3, -0.25) is 4.57 Å². The van der Waals surface area contributed by atoms with E-state index in [0.717, 1.165) is 60.9 Å². The monoisotopic (exact) mass is 842 g/mol. The number of para-hydroxylation sites is 1. The number of benzene rings is 10. The summed E-state index contributed by atoms with van der Waals surface area (Å²) in [6, 6.07) is 78.4. The van der Waals surface area contributed by atoms with Gasteiger partial charge in [-0.05, 0) is 83.7 Å². The van der Waals surface area contributed by atoms with E-state index in [1.807, 2.05) is 12.1 Å². The van der Waals surface area contributed by atoms with Crippen LogP contribution in [0.25, 0.3) is 117 Å². The average Bonchev–Trinajstić information content (AvgIpc) is 3.85. The second-order valence-electron chi connectivity index (χ2n) is 18.0. The average molecular weight is 843 g/mol. The smallest absolute Gasteiger partial charge is 0.238 e. The van der Waals surface area contributed by atoms with Crippen molar-refractivity contribution in [3.8, 4) is 73.2 Å². The van der Waals surface area contributed by atoms with Gasteiger partial charge in [0.25, 0.3) is 0 Å². The fourth-order valence-electron chi connectivity index (χ4n) is 10.6. The third-order valence-corrected chi connectivity index (χ3v) is 13.9. The molecular weight excluding hydrogens is 801 g/mol. The maximum absolute atomic E-state index is 5.43. The summed E-state index contributed by atoms with van der Waals surface area (Å²) in [6.07, 6.45) is 0. The van der Waals surface area contributed by atoms with Gasteiger partial charge in [-0.25, -0.2) is 4.98 Å². The lowest BCUT2D eigenvalue weighted by atomic mass is 9.81. The summed E-state index contributed by atoms with van der Waals surface area (Å²) >= 11 is 0. The predicted molar refractivity (Wildman–Crippen MR) is 274 cm³/mol. The molecule has 12 aromatic rings. The summed E-state index contributed by atoms with van der Waals surface area (Å²) in [6.45, 7) is 4.74. The molecule has 13 rings (SSSR count). The molecule has 0 N–H and O–H groups in total. The van der Waals surface area contributed by atoms with E-state index in [1.165, 1.54) is 49.2 Å². The number of fused-ring (bicyclic) bond motifs is 10. The van der Waals surface area contributed by atoms with Gasteiger partial charge in [-0.2, -0.15) is 9.97 Å². The number of aromatic nitrogens is 4. The van der Waals surface area contributed by atoms with Crippen LogP contribution in [0.15, 0.2) is 218 Å². The van der Waals surface area contributed by atoms with Crippen LogP contribution in [-0.2, 0) is 5.41 Å². The lowest BCUT2D eigenvalue weighted by Gasteiger charge is -2.22. The van der Waals surface area contributed by atoms with Crippen molar-refractivity contribution in [1.82, 2.24) is 19.5 Å². The Morgan fingerprint density at radius 2 is 0.879 bits per heavy atom. The van der Waals surface area contributed by atoms with Crippen LogP contribution in [0.4, 0.5) is 0 Å². The molecule has 1 aliphatic carbocycles. The molecule has 4 nitrogen and oxygen atoms in total. The van der Waals surface area contributed by atoms with E-state index in [2.05, 4.69) is 225 Å². The van der Waals surface area contributed by atoms with Gasteiger partial charge in [0, 0.05) is 32.9 Å². The van der Waals surface area contributed by atoms with E-state index in [0.29, 0.717) is 17.6 Å². The number of rotatable bonds is 6. The van der Waals surface area contributed by atoms with Gasteiger partial charge < -0.3 is 0 Å². The Morgan fingerprint density at radius 1 is 0.364 bits per heavy atom. The van der Waals surface area contributed by atoms with E-state index in [4.69, 9.17) is 15.0 Å². The lowest BCUT2D eigenvalue weighted by Crippen LogP contribution is -2.15. The number of nitrogens with zero attached hydrogens (tertiary/aromatic N) is 4. The Kier molecular flexibility index (Phi) is 8.53. The predicted octanol–water partition coefficient (Wildman–Crippen LogP) is 15.9. The molecule has 0 amide bonds. The van der Waals surface area contributed by atoms with Gasteiger partial charge in [0.1, 0.15) is 0 Å². The summed E-state index contributed by atoms with van der Waals surface area (Å²) in [5, 5.41) is 7.27. The van der Waals surface area contributed by atoms with Crippen LogP contribution in [-0.4, -0.2) is 19.5 Å². The third-order valence-electron chi connectivity index (χ3n) is 13.9. The zero-order chi connectivity index (χ0) is 43.9. The highest BCUT2D eigenvalue weighted by Crippen LogP contribution is 2.53. The Bertz CT molecular complexity index is 3770. The highest BCUT2D eigenvalue weighted by atomic mass is 15.2. The molecule has 1 aliphatic rings. The second kappa shape index (κ2) is 14.8. The molecule has 0 saturated heterocycles. The zero-order valence-corrected chi connectivity index (χ0v) is 36.6. The molecule has 4 heteroatoms. The fraction of sp³-hybridized carbons (Fsp3) is 0.0484. The molecule has 310 valence electrons. The van der Waals surface area contributed by atoms with Crippen molar-refractivity contribution in [2.45, 2.75) is 19.3 Å². The van der Waals surface area contributed by atoms with Crippen LogP contribution in [0.3, 0.4) is 0 Å². The van der Waals surface area contributed by atoms with Crippen molar-refractivity contribution in [3.63, 3.8) is 0 Å². The summed E-state index contributed by atoms with van der Waals surface area (Å²) in [7, 11) is 0. The largest absolute Gasteiger partial charge is 0.277 e. The van der Waals surface area contributed by atoms with Crippen molar-refractivity contribution < 1.29 is 0 Å². The summed E-state index contributed by atoms with van der Waals surface area (Å²) in [4.78, 5) is 16.1. The molecule has 2 heterocycles. The minimum absolute atomic E-state index is 0.189. The van der Waals surface area contributed by atoms with Crippen molar-refractivity contribution in [2.75, 3.05) is 0 Å². The Hall–Kier alpha value is -8.47. The van der Waals surface area contributed by atoms with Crippen LogP contribution in [0, 0.1) is 0 Å². The number of hydrogen-bond donors (Lipinski definition) is 0. The van der Waals surface area contributed by atoms with Gasteiger partial charge in [-0.1, -0.05) is 220 Å². The minimum atomic E-state index is -0.189. The molecule has 0 atom stereocenters. The van der Waals surface area contributed by atoms with Gasteiger partial charge in [0.05, 0.1) is 11.0 Å². The molecule has 0 saturated carbocycles. The molecule has 0 aliphatic heterocycles. The molecular formula is C62H42N4. The first-order valence-electron chi connectivity index (χ1n) is 22.7. The van der Waals surface area contributed by atoms with Crippen molar-refractivity contribution in [1.29, 1.82) is 0 Å². The molecule has 0 bridgehead atoms. The van der Waals surface area contributed by atoms with Crippen LogP contribution in [0.2, 0.25) is 0 Å². The summed E-state index contributed by atoms with van der Waals surface area (Å²) < 4.78 is 2.29. The topological polar surface area (TPSA) is 43.6 Å². The Labute approximate surface area is 383 Å². The minimum Gasteiger partial charge on any atom is -0.277 e. The van der Waals surface area contributed by atoms with Gasteiger partial charge >= 0.3 is 0 Å². The lowest BCUT2D eigenvalue weighted by molar-refractivity contribution is 0.661.